The lowest BCUT2D eigenvalue weighted by atomic mass is 9.99. The number of aromatic nitrogens is 1. The highest BCUT2D eigenvalue weighted by molar-refractivity contribution is 8.26. The summed E-state index contributed by atoms with van der Waals surface area (Å²) in [5.41, 5.74) is 1.44. The third-order valence-corrected chi connectivity index (χ3v) is 9.25. The number of para-hydroxylation sites is 1. The van der Waals surface area contributed by atoms with Crippen molar-refractivity contribution in [1.29, 1.82) is 5.26 Å². The second kappa shape index (κ2) is 13.0. The van der Waals surface area contributed by atoms with Crippen molar-refractivity contribution in [3.05, 3.63) is 62.0 Å². The number of rotatable bonds is 9. The lowest BCUT2D eigenvalue weighted by Gasteiger charge is -2.38. The molecule has 2 saturated heterocycles. The van der Waals surface area contributed by atoms with E-state index in [1.807, 2.05) is 11.0 Å². The Bertz CT molecular complexity index is 1420. The van der Waals surface area contributed by atoms with Crippen molar-refractivity contribution in [2.45, 2.75) is 46.5 Å². The maximum absolute atomic E-state index is 14.4. The molecule has 2 aliphatic rings. The number of carbonyl (C=O) groups is 1. The number of nitriles is 1. The molecule has 1 amide bonds. The monoisotopic (exact) mass is 581 g/mol. The minimum atomic E-state index is -0.377. The minimum absolute atomic E-state index is 0.0589. The Balaban J connectivity index is 1.67. The van der Waals surface area contributed by atoms with Crippen molar-refractivity contribution < 1.29 is 9.18 Å². The molecule has 40 heavy (non-hydrogen) atoms. The Kier molecular flexibility index (Phi) is 9.69. The van der Waals surface area contributed by atoms with E-state index >= 15 is 0 Å². The highest BCUT2D eigenvalue weighted by Crippen LogP contribution is 2.37. The second-order valence-electron chi connectivity index (χ2n) is 10.3. The molecular formula is C30H36FN5O2S2. The van der Waals surface area contributed by atoms with Crippen molar-refractivity contribution in [1.82, 2.24) is 9.47 Å². The first kappa shape index (κ1) is 29.8. The number of amides is 1. The molecule has 7 nitrogen and oxygen atoms in total. The normalized spacial score (nSPS) is 17.6. The summed E-state index contributed by atoms with van der Waals surface area (Å²) in [5, 5.41) is 9.79. The molecule has 0 radical (unpaired) electrons. The molecule has 10 heteroatoms. The average molecular weight is 582 g/mol. The van der Waals surface area contributed by atoms with Gasteiger partial charge in [0, 0.05) is 45.3 Å². The van der Waals surface area contributed by atoms with Crippen LogP contribution >= 0.6 is 24.0 Å². The highest BCUT2D eigenvalue weighted by Gasteiger charge is 2.34. The second-order valence-corrected chi connectivity index (χ2v) is 12.0. The summed E-state index contributed by atoms with van der Waals surface area (Å²) >= 11 is 6.89. The van der Waals surface area contributed by atoms with E-state index in [0.717, 1.165) is 25.7 Å². The maximum atomic E-state index is 14.4. The lowest BCUT2D eigenvalue weighted by molar-refractivity contribution is -0.122. The van der Waals surface area contributed by atoms with Crippen molar-refractivity contribution in [3.8, 4) is 6.07 Å². The van der Waals surface area contributed by atoms with Gasteiger partial charge >= 0.3 is 0 Å². The summed E-state index contributed by atoms with van der Waals surface area (Å²) in [7, 11) is 1.66. The quantitative estimate of drug-likeness (QED) is 0.288. The highest BCUT2D eigenvalue weighted by atomic mass is 32.2. The summed E-state index contributed by atoms with van der Waals surface area (Å²) in [4.78, 5) is 33.0. The molecule has 4 rings (SSSR count). The Morgan fingerprint density at radius 2 is 1.82 bits per heavy atom. The summed E-state index contributed by atoms with van der Waals surface area (Å²) in [5.74, 6) is 0.634. The molecule has 1 aromatic carbocycles. The number of thiocarbonyl (C=S) groups is 1. The number of carbonyl (C=O) groups excluding carboxylic acids is 1. The molecule has 2 aromatic rings. The van der Waals surface area contributed by atoms with Gasteiger partial charge < -0.3 is 9.80 Å². The van der Waals surface area contributed by atoms with Crippen LogP contribution in [0.1, 0.15) is 56.2 Å². The number of pyridine rings is 1. The van der Waals surface area contributed by atoms with Gasteiger partial charge in [0.15, 0.2) is 0 Å². The number of anilines is 2. The number of nitrogens with zero attached hydrogens (tertiary/aromatic N) is 5. The van der Waals surface area contributed by atoms with Gasteiger partial charge in [0.1, 0.15) is 27.6 Å². The van der Waals surface area contributed by atoms with E-state index in [-0.39, 0.29) is 22.8 Å². The summed E-state index contributed by atoms with van der Waals surface area (Å²) < 4.78 is 16.4. The maximum Gasteiger partial charge on any atom is 0.270 e. The molecule has 1 unspecified atom stereocenters. The molecule has 1 aromatic heterocycles. The van der Waals surface area contributed by atoms with Gasteiger partial charge in [-0.25, -0.2) is 4.39 Å². The number of halogens is 1. The van der Waals surface area contributed by atoms with Crippen LogP contribution in [0.15, 0.2) is 34.0 Å². The number of thioether (sulfide) groups is 1. The van der Waals surface area contributed by atoms with Crippen LogP contribution in [0.3, 0.4) is 0 Å². The Morgan fingerprint density at radius 3 is 2.45 bits per heavy atom. The number of benzene rings is 1. The molecular weight excluding hydrogens is 545 g/mol. The van der Waals surface area contributed by atoms with Crippen molar-refractivity contribution in [3.63, 3.8) is 0 Å². The predicted molar refractivity (Wildman–Crippen MR) is 165 cm³/mol. The lowest BCUT2D eigenvalue weighted by Crippen LogP contribution is -2.48. The standard InChI is InChI=1S/C30H36FN5O2S2/c1-5-7-10-21(6-2)19-36-29(38)26(40-30(36)39)17-22-20(3)23(18-32)28(37)33(4)27(22)35-15-13-34(14-16-35)25-12-9-8-11-24(25)31/h8-9,11-12,17,21H,5-7,10,13-16,19H2,1-4H3/b26-17+. The van der Waals surface area contributed by atoms with Crippen LogP contribution in [-0.4, -0.2) is 52.4 Å². The van der Waals surface area contributed by atoms with Crippen LogP contribution in [0.25, 0.3) is 6.08 Å². The van der Waals surface area contributed by atoms with Crippen molar-refractivity contribution in [2.75, 3.05) is 42.5 Å². The van der Waals surface area contributed by atoms with Gasteiger partial charge in [0.25, 0.3) is 11.5 Å². The topological polar surface area (TPSA) is 72.6 Å². The van der Waals surface area contributed by atoms with E-state index in [0.29, 0.717) is 70.5 Å². The number of piperazine rings is 1. The number of hydrogen-bond acceptors (Lipinski definition) is 7. The molecule has 0 aliphatic carbocycles. The SMILES string of the molecule is CCCCC(CC)CN1C(=O)/C(=C\c2c(C)c(C#N)c(=O)n(C)c2N2CCN(c3ccccc3F)CC2)SC1=S. The fraction of sp³-hybridized carbons (Fsp3) is 0.467. The first-order chi connectivity index (χ1) is 19.2. The average Bonchev–Trinajstić information content (AvgIpc) is 3.22. The van der Waals surface area contributed by atoms with Gasteiger partial charge in [0.2, 0.25) is 0 Å². The molecule has 212 valence electrons. The zero-order valence-electron chi connectivity index (χ0n) is 23.6. The van der Waals surface area contributed by atoms with Gasteiger partial charge in [0.05, 0.1) is 10.6 Å². The van der Waals surface area contributed by atoms with E-state index in [9.17, 15) is 19.2 Å². The Labute approximate surface area is 245 Å². The molecule has 2 aliphatic heterocycles. The number of hydrogen-bond donors (Lipinski definition) is 0. The van der Waals surface area contributed by atoms with E-state index in [4.69, 9.17) is 12.2 Å². The van der Waals surface area contributed by atoms with Gasteiger partial charge in [-0.3, -0.25) is 19.1 Å². The van der Waals surface area contributed by atoms with Crippen LogP contribution < -0.4 is 15.4 Å². The van der Waals surface area contributed by atoms with E-state index in [2.05, 4.69) is 24.8 Å². The summed E-state index contributed by atoms with van der Waals surface area (Å²) in [6.45, 7) is 8.87. The number of unbranched alkanes of at least 4 members (excludes halogenated alkanes) is 1. The fourth-order valence-corrected chi connectivity index (χ4v) is 6.68. The van der Waals surface area contributed by atoms with E-state index in [1.54, 1.807) is 37.1 Å². The molecule has 3 heterocycles. The first-order valence-corrected chi connectivity index (χ1v) is 15.1. The zero-order chi connectivity index (χ0) is 29.0. The Hall–Kier alpha value is -3.16. The van der Waals surface area contributed by atoms with Gasteiger partial charge in [-0.2, -0.15) is 5.26 Å². The van der Waals surface area contributed by atoms with Crippen LogP contribution in [0.4, 0.5) is 15.9 Å². The van der Waals surface area contributed by atoms with Crippen molar-refractivity contribution >= 4 is 51.8 Å². The molecule has 0 bridgehead atoms. The van der Waals surface area contributed by atoms with Crippen LogP contribution in [0, 0.1) is 30.0 Å². The van der Waals surface area contributed by atoms with Crippen LogP contribution in [0.2, 0.25) is 0 Å². The Morgan fingerprint density at radius 1 is 1.15 bits per heavy atom. The fourth-order valence-electron chi connectivity index (χ4n) is 5.43. The van der Waals surface area contributed by atoms with Crippen molar-refractivity contribution in [2.24, 2.45) is 13.0 Å². The van der Waals surface area contributed by atoms with Crippen LogP contribution in [-0.2, 0) is 11.8 Å². The van der Waals surface area contributed by atoms with E-state index in [1.165, 1.54) is 22.4 Å². The molecule has 0 spiro atoms. The van der Waals surface area contributed by atoms with E-state index < -0.39 is 0 Å². The van der Waals surface area contributed by atoms with Gasteiger partial charge in [-0.15, -0.1) is 0 Å². The third-order valence-electron chi connectivity index (χ3n) is 7.87. The molecule has 1 atom stereocenters. The predicted octanol–water partition coefficient (Wildman–Crippen LogP) is 5.45. The molecule has 2 fully saturated rings. The first-order valence-electron chi connectivity index (χ1n) is 13.8. The molecule has 0 saturated carbocycles. The summed E-state index contributed by atoms with van der Waals surface area (Å²) in [6.07, 6.45) is 6.05. The van der Waals surface area contributed by atoms with Gasteiger partial charge in [-0.05, 0) is 43.0 Å². The van der Waals surface area contributed by atoms with Crippen LogP contribution in [0.5, 0.6) is 0 Å². The zero-order valence-corrected chi connectivity index (χ0v) is 25.2. The van der Waals surface area contributed by atoms with Gasteiger partial charge in [-0.1, -0.05) is 69.2 Å². The molecule has 0 N–H and O–H groups in total. The largest absolute Gasteiger partial charge is 0.366 e. The third kappa shape index (κ3) is 5.96. The summed E-state index contributed by atoms with van der Waals surface area (Å²) in [6, 6.07) is 8.77. The smallest absolute Gasteiger partial charge is 0.270 e. The minimum Gasteiger partial charge on any atom is -0.366 e.